The number of carbonyl (C=O) groups excluding carboxylic acids is 3. The Bertz CT molecular complexity index is 1360. The van der Waals surface area contributed by atoms with E-state index in [4.69, 9.17) is 14.2 Å². The molecule has 0 saturated heterocycles. The van der Waals surface area contributed by atoms with Crippen LogP contribution in [-0.4, -0.2) is 37.2 Å². The lowest BCUT2D eigenvalue weighted by atomic mass is 10.1. The average molecular weight is 946 g/mol. The van der Waals surface area contributed by atoms with Gasteiger partial charge < -0.3 is 14.2 Å². The normalized spacial score (nSPS) is 12.8. The fourth-order valence-corrected chi connectivity index (χ4v) is 7.59. The predicted octanol–water partition coefficient (Wildman–Crippen LogP) is 18.9. The van der Waals surface area contributed by atoms with Crippen molar-refractivity contribution in [2.45, 2.75) is 264 Å². The van der Waals surface area contributed by atoms with E-state index in [1.807, 2.05) is 12.2 Å². The van der Waals surface area contributed by atoms with Gasteiger partial charge in [-0.05, 0) is 103 Å². The summed E-state index contributed by atoms with van der Waals surface area (Å²) in [4.78, 5) is 38.1. The molecule has 0 radical (unpaired) electrons. The Balaban J connectivity index is 4.52. The van der Waals surface area contributed by atoms with E-state index in [0.717, 1.165) is 103 Å². The Labute approximate surface area is 419 Å². The molecule has 1 unspecified atom stereocenters. The lowest BCUT2D eigenvalue weighted by molar-refractivity contribution is -0.166. The Morgan fingerprint density at radius 3 is 1.04 bits per heavy atom. The molecule has 0 aliphatic heterocycles. The van der Waals surface area contributed by atoms with Gasteiger partial charge in [0.1, 0.15) is 13.2 Å². The van der Waals surface area contributed by atoms with E-state index in [2.05, 4.69) is 106 Å². The molecule has 68 heavy (non-hydrogen) atoms. The smallest absolute Gasteiger partial charge is 0.306 e. The summed E-state index contributed by atoms with van der Waals surface area (Å²) in [5.41, 5.74) is 0. The molecular weight excluding hydrogens is 841 g/mol. The summed E-state index contributed by atoms with van der Waals surface area (Å²) in [5, 5.41) is 0. The molecule has 0 N–H and O–H groups in total. The Kier molecular flexibility index (Phi) is 52.9. The van der Waals surface area contributed by atoms with Crippen LogP contribution in [0.3, 0.4) is 0 Å². The van der Waals surface area contributed by atoms with E-state index in [9.17, 15) is 14.4 Å². The molecule has 0 saturated carbocycles. The topological polar surface area (TPSA) is 78.9 Å². The van der Waals surface area contributed by atoms with Gasteiger partial charge in [-0.3, -0.25) is 14.4 Å². The van der Waals surface area contributed by atoms with Gasteiger partial charge in [-0.1, -0.05) is 234 Å². The van der Waals surface area contributed by atoms with Gasteiger partial charge in [0.2, 0.25) is 0 Å². The summed E-state index contributed by atoms with van der Waals surface area (Å²) in [6, 6.07) is 0. The zero-order valence-electron chi connectivity index (χ0n) is 44.3. The van der Waals surface area contributed by atoms with Crippen molar-refractivity contribution in [2.75, 3.05) is 13.2 Å². The summed E-state index contributed by atoms with van der Waals surface area (Å²) < 4.78 is 16.8. The van der Waals surface area contributed by atoms with Gasteiger partial charge in [0, 0.05) is 19.3 Å². The molecule has 388 valence electrons. The molecule has 0 amide bonds. The molecule has 0 aromatic heterocycles. The first kappa shape index (κ1) is 64.3. The lowest BCUT2D eigenvalue weighted by Crippen LogP contribution is -2.30. The minimum Gasteiger partial charge on any atom is -0.462 e. The molecule has 0 aromatic carbocycles. The van der Waals surface area contributed by atoms with Crippen LogP contribution in [0.5, 0.6) is 0 Å². The molecule has 0 fully saturated rings. The van der Waals surface area contributed by atoms with Crippen LogP contribution in [0.25, 0.3) is 0 Å². The molecular formula is C62H104O6. The summed E-state index contributed by atoms with van der Waals surface area (Å²) >= 11 is 0. The van der Waals surface area contributed by atoms with E-state index in [1.54, 1.807) is 0 Å². The maximum Gasteiger partial charge on any atom is 0.306 e. The minimum atomic E-state index is -0.828. The van der Waals surface area contributed by atoms with Crippen molar-refractivity contribution < 1.29 is 28.6 Å². The number of carbonyl (C=O) groups is 3. The highest BCUT2D eigenvalue weighted by Crippen LogP contribution is 2.14. The number of ether oxygens (including phenoxy) is 3. The third-order valence-electron chi connectivity index (χ3n) is 11.8. The third kappa shape index (κ3) is 53.3. The highest BCUT2D eigenvalue weighted by molar-refractivity contribution is 5.71. The second-order valence-corrected chi connectivity index (χ2v) is 18.5. The number of hydrogen-bond donors (Lipinski definition) is 0. The molecule has 6 heteroatoms. The Morgan fingerprint density at radius 1 is 0.324 bits per heavy atom. The van der Waals surface area contributed by atoms with Gasteiger partial charge in [-0.25, -0.2) is 0 Å². The summed E-state index contributed by atoms with van der Waals surface area (Å²) in [6.07, 6.45) is 74.1. The number of allylic oxidation sites excluding steroid dienone is 16. The number of hydrogen-bond acceptors (Lipinski definition) is 6. The van der Waals surface area contributed by atoms with Crippen LogP contribution in [-0.2, 0) is 28.6 Å². The van der Waals surface area contributed by atoms with E-state index in [1.165, 1.54) is 109 Å². The van der Waals surface area contributed by atoms with Crippen LogP contribution in [0.4, 0.5) is 0 Å². The summed E-state index contributed by atoms with van der Waals surface area (Å²) in [7, 11) is 0. The standard InChI is InChI=1S/C62H104O6/c1-4-7-10-13-16-19-22-25-28-31-32-35-37-40-43-46-49-52-55-61(64)67-58-59(68-62(65)56-53-50-47-44-41-38-34-30-27-24-21-18-15-12-9-6-3)57-66-60(63)54-51-48-45-42-39-36-33-29-26-23-20-17-14-11-8-5-2/h9,12,18,21,27-33,35,38,41,47,50,59H,4-8,10-11,13-17,19-20,22-26,34,36-37,39-40,42-46,48-49,51-58H2,1-3H3/b12-9-,21-18-,30-27-,31-28-,33-29-,35-32-,41-38-,50-47-. The first-order valence-corrected chi connectivity index (χ1v) is 28.3. The fraction of sp³-hybridized carbons (Fsp3) is 0.694. The van der Waals surface area contributed by atoms with E-state index < -0.39 is 12.1 Å². The Morgan fingerprint density at radius 2 is 0.647 bits per heavy atom. The molecule has 0 aliphatic rings. The first-order chi connectivity index (χ1) is 33.5. The first-order valence-electron chi connectivity index (χ1n) is 28.3. The van der Waals surface area contributed by atoms with Gasteiger partial charge >= 0.3 is 17.9 Å². The third-order valence-corrected chi connectivity index (χ3v) is 11.8. The second-order valence-electron chi connectivity index (χ2n) is 18.5. The average Bonchev–Trinajstić information content (AvgIpc) is 3.34. The van der Waals surface area contributed by atoms with E-state index >= 15 is 0 Å². The molecule has 0 bridgehead atoms. The fourth-order valence-electron chi connectivity index (χ4n) is 7.59. The summed E-state index contributed by atoms with van der Waals surface area (Å²) in [5.74, 6) is -1.02. The van der Waals surface area contributed by atoms with E-state index in [0.29, 0.717) is 19.3 Å². The van der Waals surface area contributed by atoms with Crippen LogP contribution >= 0.6 is 0 Å². The largest absolute Gasteiger partial charge is 0.462 e. The number of esters is 3. The number of rotatable bonds is 50. The van der Waals surface area contributed by atoms with Crippen LogP contribution in [0.1, 0.15) is 258 Å². The predicted molar refractivity (Wildman–Crippen MR) is 293 cm³/mol. The highest BCUT2D eigenvalue weighted by Gasteiger charge is 2.19. The van der Waals surface area contributed by atoms with Gasteiger partial charge in [0.25, 0.3) is 0 Å². The van der Waals surface area contributed by atoms with Crippen molar-refractivity contribution in [3.63, 3.8) is 0 Å². The van der Waals surface area contributed by atoms with Crippen molar-refractivity contribution in [3.05, 3.63) is 97.2 Å². The van der Waals surface area contributed by atoms with Gasteiger partial charge in [0.15, 0.2) is 6.10 Å². The quantitative estimate of drug-likeness (QED) is 0.0199. The van der Waals surface area contributed by atoms with Crippen molar-refractivity contribution in [2.24, 2.45) is 0 Å². The van der Waals surface area contributed by atoms with Crippen LogP contribution in [0, 0.1) is 0 Å². The van der Waals surface area contributed by atoms with Crippen molar-refractivity contribution in [3.8, 4) is 0 Å². The maximum atomic E-state index is 12.8. The van der Waals surface area contributed by atoms with Crippen LogP contribution < -0.4 is 0 Å². The molecule has 0 aliphatic carbocycles. The molecule has 0 heterocycles. The zero-order valence-corrected chi connectivity index (χ0v) is 44.3. The molecule has 1 atom stereocenters. The van der Waals surface area contributed by atoms with Gasteiger partial charge in [0.05, 0.1) is 0 Å². The van der Waals surface area contributed by atoms with Gasteiger partial charge in [-0.2, -0.15) is 0 Å². The monoisotopic (exact) mass is 945 g/mol. The van der Waals surface area contributed by atoms with Crippen molar-refractivity contribution >= 4 is 17.9 Å². The lowest BCUT2D eigenvalue weighted by Gasteiger charge is -2.18. The highest BCUT2D eigenvalue weighted by atomic mass is 16.6. The summed E-state index contributed by atoms with van der Waals surface area (Å²) in [6.45, 7) is 6.44. The van der Waals surface area contributed by atoms with E-state index in [-0.39, 0.29) is 31.6 Å². The SMILES string of the molecule is CC/C=C\C/C=C\C/C=C\C/C=C\C/C=C\CCC(=O)OC(COC(=O)CCCCCCC/C=C\C=C/CCCCCCCCC)COC(=O)CCCCCCC/C=C\CCCCCCCCC. The number of unbranched alkanes of at least 4 members (excludes halogenated alkanes) is 24. The minimum absolute atomic E-state index is 0.117. The maximum absolute atomic E-state index is 12.8. The molecule has 0 aromatic rings. The van der Waals surface area contributed by atoms with Gasteiger partial charge in [-0.15, -0.1) is 0 Å². The zero-order chi connectivity index (χ0) is 49.3. The van der Waals surface area contributed by atoms with Crippen LogP contribution in [0.2, 0.25) is 0 Å². The molecule has 0 spiro atoms. The molecule has 0 rings (SSSR count). The van der Waals surface area contributed by atoms with Crippen molar-refractivity contribution in [1.29, 1.82) is 0 Å². The Hall–Kier alpha value is -3.67. The molecule has 6 nitrogen and oxygen atoms in total. The second kappa shape index (κ2) is 55.9. The van der Waals surface area contributed by atoms with Crippen LogP contribution in [0.15, 0.2) is 97.2 Å². The van der Waals surface area contributed by atoms with Crippen molar-refractivity contribution in [1.82, 2.24) is 0 Å².